The molecule has 1 N–H and O–H groups in total. The van der Waals surface area contributed by atoms with Crippen molar-refractivity contribution in [3.8, 4) is 0 Å². The molecule has 2 aromatic rings. The van der Waals surface area contributed by atoms with E-state index in [-0.39, 0.29) is 12.4 Å². The van der Waals surface area contributed by atoms with Crippen LogP contribution >= 0.6 is 11.8 Å². The van der Waals surface area contributed by atoms with Crippen LogP contribution < -0.4 is 0 Å². The van der Waals surface area contributed by atoms with Crippen molar-refractivity contribution in [2.45, 2.75) is 5.75 Å². The second kappa shape index (κ2) is 5.27. The smallest absolute Gasteiger partial charge is 0.124 e. The Morgan fingerprint density at radius 3 is 3.06 bits per heavy atom. The topological polar surface area (TPSA) is 33.1 Å². The van der Waals surface area contributed by atoms with E-state index in [0.29, 0.717) is 11.5 Å². The quantitative estimate of drug-likeness (QED) is 0.830. The van der Waals surface area contributed by atoms with Crippen LogP contribution in [0.15, 0.2) is 30.5 Å². The summed E-state index contributed by atoms with van der Waals surface area (Å²) in [6, 6.07) is 6.65. The average Bonchev–Trinajstić information content (AvgIpc) is 2.29. The van der Waals surface area contributed by atoms with Gasteiger partial charge in [-0.05, 0) is 23.8 Å². The fourth-order valence-corrected chi connectivity index (χ4v) is 2.30. The molecule has 1 aromatic heterocycles. The van der Waals surface area contributed by atoms with Gasteiger partial charge in [0.15, 0.2) is 0 Å². The van der Waals surface area contributed by atoms with E-state index in [0.717, 1.165) is 16.5 Å². The van der Waals surface area contributed by atoms with Crippen molar-refractivity contribution < 1.29 is 9.50 Å². The molecule has 1 aromatic carbocycles. The Bertz CT molecular complexity index is 489. The standard InChI is InChI=1S/C12H12FNOS/c13-11-6-9-2-1-3-14-12(9)10(7-11)8-16-5-4-15/h1-3,6-7,15H,4-5,8H2. The van der Waals surface area contributed by atoms with Gasteiger partial charge in [-0.15, -0.1) is 0 Å². The molecule has 84 valence electrons. The lowest BCUT2D eigenvalue weighted by molar-refractivity contribution is 0.322. The molecule has 0 amide bonds. The highest BCUT2D eigenvalue weighted by atomic mass is 32.2. The summed E-state index contributed by atoms with van der Waals surface area (Å²) >= 11 is 1.57. The van der Waals surface area contributed by atoms with Gasteiger partial charge in [-0.1, -0.05) is 6.07 Å². The monoisotopic (exact) mass is 237 g/mol. The zero-order chi connectivity index (χ0) is 11.4. The molecule has 0 spiro atoms. The highest BCUT2D eigenvalue weighted by Crippen LogP contribution is 2.22. The van der Waals surface area contributed by atoms with Gasteiger partial charge in [-0.25, -0.2) is 4.39 Å². The lowest BCUT2D eigenvalue weighted by Crippen LogP contribution is -1.92. The molecule has 2 rings (SSSR count). The van der Waals surface area contributed by atoms with Crippen molar-refractivity contribution in [3.63, 3.8) is 0 Å². The molecule has 4 heteroatoms. The maximum Gasteiger partial charge on any atom is 0.124 e. The number of aromatic nitrogens is 1. The SMILES string of the molecule is OCCSCc1cc(F)cc2cccnc12. The Morgan fingerprint density at radius 1 is 1.38 bits per heavy atom. The van der Waals surface area contributed by atoms with Crippen LogP contribution in [0.5, 0.6) is 0 Å². The van der Waals surface area contributed by atoms with Gasteiger partial charge in [0.25, 0.3) is 0 Å². The highest BCUT2D eigenvalue weighted by molar-refractivity contribution is 7.98. The van der Waals surface area contributed by atoms with Gasteiger partial charge in [0.2, 0.25) is 0 Å². The van der Waals surface area contributed by atoms with Gasteiger partial charge in [-0.2, -0.15) is 11.8 Å². The van der Waals surface area contributed by atoms with E-state index in [2.05, 4.69) is 4.98 Å². The highest BCUT2D eigenvalue weighted by Gasteiger charge is 2.05. The maximum absolute atomic E-state index is 13.3. The predicted octanol–water partition coefficient (Wildman–Crippen LogP) is 2.60. The van der Waals surface area contributed by atoms with Crippen LogP contribution in [-0.2, 0) is 5.75 Å². The number of halogens is 1. The number of hydrogen-bond donors (Lipinski definition) is 1. The number of aliphatic hydroxyl groups is 1. The largest absolute Gasteiger partial charge is 0.396 e. The van der Waals surface area contributed by atoms with Crippen molar-refractivity contribution in [2.24, 2.45) is 0 Å². The normalized spacial score (nSPS) is 10.9. The molecule has 2 nitrogen and oxygen atoms in total. The third kappa shape index (κ3) is 2.51. The Labute approximate surface area is 97.5 Å². The van der Waals surface area contributed by atoms with Crippen LogP contribution in [0.2, 0.25) is 0 Å². The number of fused-ring (bicyclic) bond motifs is 1. The van der Waals surface area contributed by atoms with Crippen LogP contribution in [0.4, 0.5) is 4.39 Å². The van der Waals surface area contributed by atoms with E-state index >= 15 is 0 Å². The van der Waals surface area contributed by atoms with Crippen molar-refractivity contribution in [3.05, 3.63) is 41.8 Å². The first-order chi connectivity index (χ1) is 7.81. The summed E-state index contributed by atoms with van der Waals surface area (Å²) in [6.07, 6.45) is 1.71. The van der Waals surface area contributed by atoms with Crippen molar-refractivity contribution in [1.29, 1.82) is 0 Å². The van der Waals surface area contributed by atoms with E-state index < -0.39 is 0 Å². The van der Waals surface area contributed by atoms with E-state index in [9.17, 15) is 4.39 Å². The van der Waals surface area contributed by atoms with Gasteiger partial charge < -0.3 is 5.11 Å². The molecule has 0 aliphatic rings. The Morgan fingerprint density at radius 2 is 2.25 bits per heavy atom. The van der Waals surface area contributed by atoms with E-state index in [1.54, 1.807) is 24.0 Å². The van der Waals surface area contributed by atoms with Gasteiger partial charge in [0, 0.05) is 23.1 Å². The Hall–Kier alpha value is -1.13. The summed E-state index contributed by atoms with van der Waals surface area (Å²) in [7, 11) is 0. The number of benzene rings is 1. The summed E-state index contributed by atoms with van der Waals surface area (Å²) in [4.78, 5) is 4.26. The van der Waals surface area contributed by atoms with Crippen molar-refractivity contribution in [2.75, 3.05) is 12.4 Å². The van der Waals surface area contributed by atoms with Crippen LogP contribution in [0.25, 0.3) is 10.9 Å². The van der Waals surface area contributed by atoms with Crippen LogP contribution in [0, 0.1) is 5.82 Å². The van der Waals surface area contributed by atoms with Crippen molar-refractivity contribution in [1.82, 2.24) is 4.98 Å². The first kappa shape index (κ1) is 11.4. The third-order valence-corrected chi connectivity index (χ3v) is 3.23. The molecule has 0 saturated carbocycles. The molecule has 0 atom stereocenters. The molecule has 0 bridgehead atoms. The molecule has 0 aliphatic heterocycles. The van der Waals surface area contributed by atoms with Gasteiger partial charge in [0.05, 0.1) is 12.1 Å². The molecule has 0 aliphatic carbocycles. The number of pyridine rings is 1. The van der Waals surface area contributed by atoms with Crippen molar-refractivity contribution >= 4 is 22.7 Å². The Balaban J connectivity index is 2.34. The van der Waals surface area contributed by atoms with Gasteiger partial charge in [-0.3, -0.25) is 4.98 Å². The van der Waals surface area contributed by atoms with E-state index in [1.165, 1.54) is 12.1 Å². The molecule has 0 saturated heterocycles. The lowest BCUT2D eigenvalue weighted by atomic mass is 10.1. The summed E-state index contributed by atoms with van der Waals surface area (Å²) in [5.74, 6) is 1.09. The molecular weight excluding hydrogens is 225 g/mol. The first-order valence-electron chi connectivity index (χ1n) is 5.03. The second-order valence-electron chi connectivity index (χ2n) is 3.42. The molecular formula is C12H12FNOS. The number of thioether (sulfide) groups is 1. The molecule has 0 fully saturated rings. The lowest BCUT2D eigenvalue weighted by Gasteiger charge is -2.05. The summed E-state index contributed by atoms with van der Waals surface area (Å²) < 4.78 is 13.3. The number of nitrogens with zero attached hydrogens (tertiary/aromatic N) is 1. The fourth-order valence-electron chi connectivity index (χ4n) is 1.58. The van der Waals surface area contributed by atoms with E-state index in [1.807, 2.05) is 6.07 Å². The number of rotatable bonds is 4. The first-order valence-corrected chi connectivity index (χ1v) is 6.18. The van der Waals surface area contributed by atoms with Crippen LogP contribution in [0.3, 0.4) is 0 Å². The maximum atomic E-state index is 13.3. The summed E-state index contributed by atoms with van der Waals surface area (Å²) in [5.41, 5.74) is 1.73. The average molecular weight is 237 g/mol. The molecule has 0 radical (unpaired) electrons. The minimum atomic E-state index is -0.236. The second-order valence-corrected chi connectivity index (χ2v) is 4.52. The fraction of sp³-hybridized carbons (Fsp3) is 0.250. The van der Waals surface area contributed by atoms with Gasteiger partial charge in [0.1, 0.15) is 5.82 Å². The number of aliphatic hydroxyl groups excluding tert-OH is 1. The molecule has 16 heavy (non-hydrogen) atoms. The molecule has 0 unspecified atom stereocenters. The summed E-state index contributed by atoms with van der Waals surface area (Å²) in [6.45, 7) is 0.144. The predicted molar refractivity (Wildman–Crippen MR) is 64.9 cm³/mol. The zero-order valence-electron chi connectivity index (χ0n) is 8.69. The number of hydrogen-bond acceptors (Lipinski definition) is 3. The van der Waals surface area contributed by atoms with Crippen LogP contribution in [0.1, 0.15) is 5.56 Å². The zero-order valence-corrected chi connectivity index (χ0v) is 9.51. The van der Waals surface area contributed by atoms with Crippen LogP contribution in [-0.4, -0.2) is 22.5 Å². The minimum absolute atomic E-state index is 0.144. The minimum Gasteiger partial charge on any atom is -0.396 e. The summed E-state index contributed by atoms with van der Waals surface area (Å²) in [5, 5.41) is 9.52. The Kier molecular flexibility index (Phi) is 3.74. The van der Waals surface area contributed by atoms with Gasteiger partial charge >= 0.3 is 0 Å². The third-order valence-electron chi connectivity index (χ3n) is 2.24. The molecule has 1 heterocycles. The van der Waals surface area contributed by atoms with E-state index in [4.69, 9.17) is 5.11 Å².